The molecule has 2 heterocycles. The SMILES string of the molecule is Cc1cc(C(N)=S)cc(N2CCCOCC2)n1. The summed E-state index contributed by atoms with van der Waals surface area (Å²) in [6.45, 7) is 5.36. The number of ether oxygens (including phenoxy) is 1. The predicted octanol–water partition coefficient (Wildman–Crippen LogP) is 1.25. The first kappa shape index (κ1) is 12.3. The van der Waals surface area contributed by atoms with E-state index in [1.165, 1.54) is 0 Å². The lowest BCUT2D eigenvalue weighted by atomic mass is 10.2. The van der Waals surface area contributed by atoms with Crippen LogP contribution in [0.3, 0.4) is 0 Å². The van der Waals surface area contributed by atoms with Crippen molar-refractivity contribution in [1.82, 2.24) is 4.98 Å². The van der Waals surface area contributed by atoms with Crippen LogP contribution in [0.4, 0.5) is 5.82 Å². The first-order chi connectivity index (χ1) is 8.16. The van der Waals surface area contributed by atoms with Crippen LogP contribution < -0.4 is 10.6 Å². The second-order valence-corrected chi connectivity index (χ2v) is 4.61. The number of aromatic nitrogens is 1. The van der Waals surface area contributed by atoms with E-state index in [2.05, 4.69) is 9.88 Å². The van der Waals surface area contributed by atoms with Gasteiger partial charge in [0.15, 0.2) is 0 Å². The highest BCUT2D eigenvalue weighted by atomic mass is 32.1. The Morgan fingerprint density at radius 3 is 3.00 bits per heavy atom. The molecule has 0 aromatic carbocycles. The van der Waals surface area contributed by atoms with Gasteiger partial charge in [-0.2, -0.15) is 0 Å². The molecule has 0 aliphatic carbocycles. The van der Waals surface area contributed by atoms with E-state index in [0.29, 0.717) is 4.99 Å². The largest absolute Gasteiger partial charge is 0.389 e. The van der Waals surface area contributed by atoms with Crippen LogP contribution in [0.15, 0.2) is 12.1 Å². The average molecular weight is 251 g/mol. The van der Waals surface area contributed by atoms with Crippen LogP contribution in [0.1, 0.15) is 17.7 Å². The van der Waals surface area contributed by atoms with Gasteiger partial charge in [0.2, 0.25) is 0 Å². The van der Waals surface area contributed by atoms with E-state index in [1.807, 2.05) is 19.1 Å². The van der Waals surface area contributed by atoms with E-state index >= 15 is 0 Å². The minimum atomic E-state index is 0.419. The van der Waals surface area contributed by atoms with Gasteiger partial charge in [-0.15, -0.1) is 0 Å². The van der Waals surface area contributed by atoms with Crippen molar-refractivity contribution in [1.29, 1.82) is 0 Å². The normalized spacial score (nSPS) is 16.6. The average Bonchev–Trinajstić information content (AvgIpc) is 2.56. The van der Waals surface area contributed by atoms with Gasteiger partial charge in [0.05, 0.1) is 6.61 Å². The van der Waals surface area contributed by atoms with E-state index in [0.717, 1.165) is 49.8 Å². The predicted molar refractivity (Wildman–Crippen MR) is 72.5 cm³/mol. The Balaban J connectivity index is 2.27. The first-order valence-electron chi connectivity index (χ1n) is 5.78. The third-order valence-corrected chi connectivity index (χ3v) is 3.01. The zero-order valence-corrected chi connectivity index (χ0v) is 10.8. The van der Waals surface area contributed by atoms with E-state index in [1.54, 1.807) is 0 Å². The van der Waals surface area contributed by atoms with Crippen molar-refractivity contribution in [3.05, 3.63) is 23.4 Å². The molecule has 17 heavy (non-hydrogen) atoms. The third-order valence-electron chi connectivity index (χ3n) is 2.77. The maximum Gasteiger partial charge on any atom is 0.129 e. The summed E-state index contributed by atoms with van der Waals surface area (Å²) in [7, 11) is 0. The van der Waals surface area contributed by atoms with Gasteiger partial charge in [-0.05, 0) is 25.5 Å². The fourth-order valence-electron chi connectivity index (χ4n) is 1.93. The van der Waals surface area contributed by atoms with Crippen LogP contribution >= 0.6 is 12.2 Å². The molecule has 1 fully saturated rings. The van der Waals surface area contributed by atoms with Crippen molar-refractivity contribution < 1.29 is 4.74 Å². The second kappa shape index (κ2) is 5.42. The molecular weight excluding hydrogens is 234 g/mol. The van der Waals surface area contributed by atoms with Crippen LogP contribution in [-0.2, 0) is 4.74 Å². The summed E-state index contributed by atoms with van der Waals surface area (Å²) in [5, 5.41) is 0. The summed E-state index contributed by atoms with van der Waals surface area (Å²) < 4.78 is 5.43. The molecule has 0 unspecified atom stereocenters. The summed E-state index contributed by atoms with van der Waals surface area (Å²) in [5.41, 5.74) is 7.49. The number of pyridine rings is 1. The number of aryl methyl sites for hydroxylation is 1. The number of hydrogen-bond acceptors (Lipinski definition) is 4. The molecule has 2 N–H and O–H groups in total. The highest BCUT2D eigenvalue weighted by Crippen LogP contribution is 2.16. The summed E-state index contributed by atoms with van der Waals surface area (Å²) in [4.78, 5) is 7.18. The Morgan fingerprint density at radius 2 is 2.24 bits per heavy atom. The lowest BCUT2D eigenvalue weighted by molar-refractivity contribution is 0.152. The lowest BCUT2D eigenvalue weighted by Gasteiger charge is -2.21. The molecule has 92 valence electrons. The molecule has 1 aromatic rings. The van der Waals surface area contributed by atoms with Gasteiger partial charge in [-0.25, -0.2) is 4.98 Å². The Hall–Kier alpha value is -1.20. The fourth-order valence-corrected chi connectivity index (χ4v) is 2.05. The minimum absolute atomic E-state index is 0.419. The molecule has 0 atom stereocenters. The van der Waals surface area contributed by atoms with Crippen molar-refractivity contribution in [2.75, 3.05) is 31.2 Å². The van der Waals surface area contributed by atoms with Crippen molar-refractivity contribution in [2.45, 2.75) is 13.3 Å². The zero-order valence-electron chi connectivity index (χ0n) is 9.98. The number of anilines is 1. The highest BCUT2D eigenvalue weighted by molar-refractivity contribution is 7.80. The quantitative estimate of drug-likeness (QED) is 0.802. The molecule has 1 saturated heterocycles. The summed E-state index contributed by atoms with van der Waals surface area (Å²) >= 11 is 5.02. The van der Waals surface area contributed by atoms with E-state index in [9.17, 15) is 0 Å². The number of nitrogens with zero attached hydrogens (tertiary/aromatic N) is 2. The van der Waals surface area contributed by atoms with Gasteiger partial charge in [0.25, 0.3) is 0 Å². The van der Waals surface area contributed by atoms with E-state index in [-0.39, 0.29) is 0 Å². The van der Waals surface area contributed by atoms with Crippen molar-refractivity contribution in [2.24, 2.45) is 5.73 Å². The Morgan fingerprint density at radius 1 is 1.41 bits per heavy atom. The highest BCUT2D eigenvalue weighted by Gasteiger charge is 2.12. The van der Waals surface area contributed by atoms with Gasteiger partial charge in [-0.1, -0.05) is 12.2 Å². The molecule has 1 aliphatic heterocycles. The molecule has 5 heteroatoms. The summed E-state index contributed by atoms with van der Waals surface area (Å²) in [6, 6.07) is 3.88. The Bertz CT molecular complexity index is 414. The molecule has 4 nitrogen and oxygen atoms in total. The summed E-state index contributed by atoms with van der Waals surface area (Å²) in [5.74, 6) is 0.943. The zero-order chi connectivity index (χ0) is 12.3. The second-order valence-electron chi connectivity index (χ2n) is 4.17. The molecule has 1 aliphatic rings. The Kier molecular flexibility index (Phi) is 3.91. The molecular formula is C12H17N3OS. The van der Waals surface area contributed by atoms with Gasteiger partial charge in [0.1, 0.15) is 10.8 Å². The van der Waals surface area contributed by atoms with Gasteiger partial charge < -0.3 is 15.4 Å². The Labute approximate surface area is 107 Å². The number of nitrogens with two attached hydrogens (primary N) is 1. The van der Waals surface area contributed by atoms with Crippen molar-refractivity contribution in [3.63, 3.8) is 0 Å². The number of hydrogen-bond donors (Lipinski definition) is 1. The number of thiocarbonyl (C=S) groups is 1. The maximum atomic E-state index is 5.67. The van der Waals surface area contributed by atoms with Crippen molar-refractivity contribution in [3.8, 4) is 0 Å². The lowest BCUT2D eigenvalue weighted by Crippen LogP contribution is -2.27. The number of rotatable bonds is 2. The van der Waals surface area contributed by atoms with Crippen LogP contribution in [0.25, 0.3) is 0 Å². The fraction of sp³-hybridized carbons (Fsp3) is 0.500. The van der Waals surface area contributed by atoms with E-state index in [4.69, 9.17) is 22.7 Å². The van der Waals surface area contributed by atoms with Gasteiger partial charge in [-0.3, -0.25) is 0 Å². The van der Waals surface area contributed by atoms with Gasteiger partial charge >= 0.3 is 0 Å². The molecule has 0 saturated carbocycles. The topological polar surface area (TPSA) is 51.4 Å². The van der Waals surface area contributed by atoms with Crippen LogP contribution in [-0.4, -0.2) is 36.3 Å². The molecule has 0 amide bonds. The molecule has 2 rings (SSSR count). The van der Waals surface area contributed by atoms with Gasteiger partial charge in [0, 0.05) is 31.0 Å². The van der Waals surface area contributed by atoms with Crippen molar-refractivity contribution >= 4 is 23.0 Å². The third kappa shape index (κ3) is 3.14. The van der Waals surface area contributed by atoms with E-state index < -0.39 is 0 Å². The molecule has 1 aromatic heterocycles. The monoisotopic (exact) mass is 251 g/mol. The maximum absolute atomic E-state index is 5.67. The van der Waals surface area contributed by atoms with Crippen LogP contribution in [0.2, 0.25) is 0 Å². The summed E-state index contributed by atoms with van der Waals surface area (Å²) in [6.07, 6.45) is 1.03. The standard InChI is InChI=1S/C12H17N3OS/c1-9-7-10(12(13)17)8-11(14-9)15-3-2-5-16-6-4-15/h7-8H,2-6H2,1H3,(H2,13,17). The van der Waals surface area contributed by atoms with Crippen LogP contribution in [0, 0.1) is 6.92 Å². The first-order valence-corrected chi connectivity index (χ1v) is 6.19. The molecule has 0 spiro atoms. The smallest absolute Gasteiger partial charge is 0.129 e. The minimum Gasteiger partial charge on any atom is -0.389 e. The van der Waals surface area contributed by atoms with Crippen LogP contribution in [0.5, 0.6) is 0 Å². The molecule has 0 radical (unpaired) electrons. The molecule has 0 bridgehead atoms.